The van der Waals surface area contributed by atoms with E-state index in [0.29, 0.717) is 0 Å². The Morgan fingerprint density at radius 2 is 1.35 bits per heavy atom. The Hall–Kier alpha value is -3.60. The number of carbonyl (C=O) groups excluding carboxylic acids is 4. The fourth-order valence-electron chi connectivity index (χ4n) is 2.47. The first kappa shape index (κ1) is 30.4. The second-order valence-electron chi connectivity index (χ2n) is 7.03. The first-order valence-electron chi connectivity index (χ1n) is 9.84. The summed E-state index contributed by atoms with van der Waals surface area (Å²) in [6.07, 6.45) is -1.21. The van der Waals surface area contributed by atoms with Gasteiger partial charge in [0, 0.05) is 12.3 Å². The fraction of sp³-hybridized carbons (Fsp3) is 0.588. The van der Waals surface area contributed by atoms with Crippen molar-refractivity contribution in [3.63, 3.8) is 0 Å². The summed E-state index contributed by atoms with van der Waals surface area (Å²) in [7, 11) is 0. The van der Waals surface area contributed by atoms with E-state index in [0.717, 1.165) is 0 Å². The van der Waals surface area contributed by atoms with Crippen LogP contribution >= 0.6 is 12.6 Å². The molecule has 0 spiro atoms. The maximum absolute atomic E-state index is 12.6. The molecule has 0 saturated heterocycles. The lowest BCUT2D eigenvalue weighted by molar-refractivity contribution is -0.142. The number of carboxylic acids is 2. The molecule has 34 heavy (non-hydrogen) atoms. The Balaban J connectivity index is 5.22. The number of aliphatic carboxylic acids is 2. The fourth-order valence-corrected chi connectivity index (χ4v) is 2.73. The number of carbonyl (C=O) groups is 6. The molecule has 0 aromatic carbocycles. The van der Waals surface area contributed by atoms with Gasteiger partial charge in [0.15, 0.2) is 5.96 Å². The van der Waals surface area contributed by atoms with Crippen LogP contribution in [-0.4, -0.2) is 88.2 Å². The van der Waals surface area contributed by atoms with Crippen LogP contribution < -0.4 is 38.9 Å². The molecule has 4 atom stereocenters. The summed E-state index contributed by atoms with van der Waals surface area (Å²) in [5, 5.41) is 24.6. The highest BCUT2D eigenvalue weighted by molar-refractivity contribution is 7.80. The third kappa shape index (κ3) is 12.4. The lowest BCUT2D eigenvalue weighted by Gasteiger charge is -2.23. The normalized spacial score (nSPS) is 13.9. The van der Waals surface area contributed by atoms with Crippen molar-refractivity contribution >= 4 is 54.2 Å². The van der Waals surface area contributed by atoms with Gasteiger partial charge in [0.2, 0.25) is 23.6 Å². The van der Waals surface area contributed by atoms with Crippen LogP contribution in [0.2, 0.25) is 0 Å². The van der Waals surface area contributed by atoms with Crippen LogP contribution in [0.15, 0.2) is 4.99 Å². The summed E-state index contributed by atoms with van der Waals surface area (Å²) in [6.45, 7) is 0.132. The molecule has 192 valence electrons. The van der Waals surface area contributed by atoms with Crippen LogP contribution in [0.3, 0.4) is 0 Å². The lowest BCUT2D eigenvalue weighted by Crippen LogP contribution is -2.58. The van der Waals surface area contributed by atoms with E-state index in [9.17, 15) is 33.9 Å². The minimum Gasteiger partial charge on any atom is -0.481 e. The smallest absolute Gasteiger partial charge is 0.326 e. The van der Waals surface area contributed by atoms with Crippen molar-refractivity contribution in [2.45, 2.75) is 49.9 Å². The van der Waals surface area contributed by atoms with Gasteiger partial charge in [0.1, 0.15) is 18.1 Å². The van der Waals surface area contributed by atoms with E-state index in [4.69, 9.17) is 28.0 Å². The van der Waals surface area contributed by atoms with Gasteiger partial charge in [-0.3, -0.25) is 29.0 Å². The summed E-state index contributed by atoms with van der Waals surface area (Å²) in [5.41, 5.74) is 20.9. The molecule has 0 aliphatic carbocycles. The number of amides is 4. The highest BCUT2D eigenvalue weighted by Gasteiger charge is 2.30. The van der Waals surface area contributed by atoms with Crippen molar-refractivity contribution in [3.05, 3.63) is 0 Å². The Morgan fingerprint density at radius 1 is 0.824 bits per heavy atom. The molecule has 0 aliphatic rings. The lowest BCUT2D eigenvalue weighted by atomic mass is 10.1. The van der Waals surface area contributed by atoms with Crippen LogP contribution in [0.1, 0.15) is 25.7 Å². The zero-order chi connectivity index (χ0) is 26.4. The van der Waals surface area contributed by atoms with Crippen molar-refractivity contribution in [1.29, 1.82) is 0 Å². The number of primary amides is 1. The third-order valence-corrected chi connectivity index (χ3v) is 4.51. The predicted octanol–water partition coefficient (Wildman–Crippen LogP) is -4.81. The van der Waals surface area contributed by atoms with Crippen molar-refractivity contribution in [2.75, 3.05) is 12.3 Å². The minimum absolute atomic E-state index is 0.0209. The van der Waals surface area contributed by atoms with E-state index in [1.807, 2.05) is 0 Å². The SMILES string of the molecule is NC(=O)CC(NC(=O)C(N)CC(=O)O)C(=O)NC(CS)C(=O)NC(CCCN=C(N)N)C(=O)O. The number of rotatable bonds is 16. The summed E-state index contributed by atoms with van der Waals surface area (Å²) >= 11 is 3.96. The molecule has 0 saturated carbocycles. The molecule has 0 radical (unpaired) electrons. The molecule has 0 heterocycles. The Kier molecular flexibility index (Phi) is 13.7. The van der Waals surface area contributed by atoms with Crippen LogP contribution in [0.5, 0.6) is 0 Å². The molecule has 4 unspecified atom stereocenters. The molecule has 0 aliphatic heterocycles. The number of nitrogens with two attached hydrogens (primary N) is 4. The molecule has 0 aromatic rings. The summed E-state index contributed by atoms with van der Waals surface area (Å²) in [4.78, 5) is 74.2. The number of guanidine groups is 1. The van der Waals surface area contributed by atoms with Gasteiger partial charge in [0.25, 0.3) is 0 Å². The van der Waals surface area contributed by atoms with E-state index < -0.39 is 72.6 Å². The zero-order valence-corrected chi connectivity index (χ0v) is 19.0. The van der Waals surface area contributed by atoms with Gasteiger partial charge >= 0.3 is 11.9 Å². The van der Waals surface area contributed by atoms with Crippen molar-refractivity contribution in [1.82, 2.24) is 16.0 Å². The Morgan fingerprint density at radius 3 is 1.82 bits per heavy atom. The molecule has 0 rings (SSSR count). The number of carboxylic acid groups (broad SMARTS) is 2. The molecule has 16 nitrogen and oxygen atoms in total. The number of thiol groups is 1. The number of hydrogen-bond acceptors (Lipinski definition) is 9. The standard InChI is InChI=1S/C17H30N8O8S/c18-7(4-12(27)28)13(29)24-9(5-11(19)26)14(30)25-10(6-34)15(31)23-8(16(32)33)2-1-3-22-17(20)21/h7-10,34H,1-6,18H2,(H2,19,26)(H,23,31)(H,24,29)(H,25,30)(H,27,28)(H,32,33)(H4,20,21,22). The number of hydrogen-bond donors (Lipinski definition) is 10. The average Bonchev–Trinajstić information content (AvgIpc) is 2.71. The Bertz CT molecular complexity index is 804. The van der Waals surface area contributed by atoms with Gasteiger partial charge < -0.3 is 49.1 Å². The van der Waals surface area contributed by atoms with Gasteiger partial charge in [-0.25, -0.2) is 4.79 Å². The molecule has 17 heteroatoms. The number of aliphatic imine (C=N–C) groups is 1. The second-order valence-corrected chi connectivity index (χ2v) is 7.39. The van der Waals surface area contributed by atoms with Gasteiger partial charge in [-0.1, -0.05) is 0 Å². The van der Waals surface area contributed by atoms with Crippen molar-refractivity contribution in [3.8, 4) is 0 Å². The van der Waals surface area contributed by atoms with Crippen LogP contribution in [0, 0.1) is 0 Å². The molecule has 0 fully saturated rings. The monoisotopic (exact) mass is 506 g/mol. The highest BCUT2D eigenvalue weighted by Crippen LogP contribution is 2.02. The van der Waals surface area contributed by atoms with Gasteiger partial charge in [-0.05, 0) is 12.8 Å². The van der Waals surface area contributed by atoms with E-state index in [1.54, 1.807) is 0 Å². The van der Waals surface area contributed by atoms with Crippen molar-refractivity contribution < 1.29 is 39.0 Å². The quantitative estimate of drug-likeness (QED) is 0.0410. The molecule has 0 aromatic heterocycles. The number of nitrogens with zero attached hydrogens (tertiary/aromatic N) is 1. The highest BCUT2D eigenvalue weighted by atomic mass is 32.1. The maximum atomic E-state index is 12.6. The summed E-state index contributed by atoms with van der Waals surface area (Å²) < 4.78 is 0. The first-order valence-corrected chi connectivity index (χ1v) is 10.5. The van der Waals surface area contributed by atoms with E-state index in [-0.39, 0.29) is 31.1 Å². The third-order valence-electron chi connectivity index (χ3n) is 4.15. The zero-order valence-electron chi connectivity index (χ0n) is 18.1. The molecular formula is C17H30N8O8S. The summed E-state index contributed by atoms with van der Waals surface area (Å²) in [5.74, 6) is -7.09. The predicted molar refractivity (Wildman–Crippen MR) is 121 cm³/mol. The van der Waals surface area contributed by atoms with E-state index >= 15 is 0 Å². The molecule has 13 N–H and O–H groups in total. The first-order chi connectivity index (χ1) is 15.8. The Labute approximate surface area is 199 Å². The van der Waals surface area contributed by atoms with Crippen LogP contribution in [0.4, 0.5) is 0 Å². The summed E-state index contributed by atoms with van der Waals surface area (Å²) in [6, 6.07) is -5.76. The van der Waals surface area contributed by atoms with Crippen LogP contribution in [0.25, 0.3) is 0 Å². The van der Waals surface area contributed by atoms with Gasteiger partial charge in [-0.2, -0.15) is 12.6 Å². The van der Waals surface area contributed by atoms with Gasteiger partial charge in [0.05, 0.1) is 18.9 Å². The van der Waals surface area contributed by atoms with Gasteiger partial charge in [-0.15, -0.1) is 0 Å². The average molecular weight is 507 g/mol. The van der Waals surface area contributed by atoms with E-state index in [1.165, 1.54) is 0 Å². The largest absolute Gasteiger partial charge is 0.481 e. The van der Waals surface area contributed by atoms with Crippen molar-refractivity contribution in [2.24, 2.45) is 27.9 Å². The topological polar surface area (TPSA) is 295 Å². The maximum Gasteiger partial charge on any atom is 0.326 e. The van der Waals surface area contributed by atoms with E-state index in [2.05, 4.69) is 33.6 Å². The van der Waals surface area contributed by atoms with Crippen LogP contribution in [-0.2, 0) is 28.8 Å². The second kappa shape index (κ2) is 15.3. The molecule has 0 bridgehead atoms. The minimum atomic E-state index is -1.57. The molecule has 4 amide bonds. The number of nitrogens with one attached hydrogen (secondary N) is 3. The molecular weight excluding hydrogens is 476 g/mol.